The highest BCUT2D eigenvalue weighted by Crippen LogP contribution is 2.30. The Morgan fingerprint density at radius 3 is 2.24 bits per heavy atom. The van der Waals surface area contributed by atoms with Gasteiger partial charge in [0.25, 0.3) is 0 Å². The van der Waals surface area contributed by atoms with E-state index in [4.69, 9.17) is 9.47 Å². The van der Waals surface area contributed by atoms with Crippen LogP contribution in [0.25, 0.3) is 0 Å². The SMILES string of the molecule is CCOc1ccc(NC(=O)C(=O)Nc2ccccc2O)cc1OCC. The summed E-state index contributed by atoms with van der Waals surface area (Å²) in [5.41, 5.74) is 0.550. The van der Waals surface area contributed by atoms with E-state index in [1.165, 1.54) is 12.1 Å². The highest BCUT2D eigenvalue weighted by Gasteiger charge is 2.16. The van der Waals surface area contributed by atoms with Crippen molar-refractivity contribution in [2.45, 2.75) is 13.8 Å². The Kier molecular flexibility index (Phi) is 6.22. The fraction of sp³-hybridized carbons (Fsp3) is 0.222. The van der Waals surface area contributed by atoms with Gasteiger partial charge in [0.05, 0.1) is 18.9 Å². The van der Waals surface area contributed by atoms with Crippen LogP contribution in [0.4, 0.5) is 11.4 Å². The number of anilines is 2. The average Bonchev–Trinajstić information content (AvgIpc) is 2.59. The van der Waals surface area contributed by atoms with Crippen molar-refractivity contribution < 1.29 is 24.2 Å². The van der Waals surface area contributed by atoms with E-state index in [1.54, 1.807) is 30.3 Å². The van der Waals surface area contributed by atoms with Crippen molar-refractivity contribution in [1.82, 2.24) is 0 Å². The number of benzene rings is 2. The van der Waals surface area contributed by atoms with Gasteiger partial charge < -0.3 is 25.2 Å². The summed E-state index contributed by atoms with van der Waals surface area (Å²) in [5.74, 6) is -0.851. The largest absolute Gasteiger partial charge is 0.506 e. The molecular formula is C18H20N2O5. The van der Waals surface area contributed by atoms with Crippen molar-refractivity contribution in [3.05, 3.63) is 42.5 Å². The molecule has 0 bridgehead atoms. The first kappa shape index (κ1) is 18.1. The predicted molar refractivity (Wildman–Crippen MR) is 94.1 cm³/mol. The minimum absolute atomic E-state index is 0.122. The van der Waals surface area contributed by atoms with Gasteiger partial charge in [0.15, 0.2) is 11.5 Å². The van der Waals surface area contributed by atoms with Gasteiger partial charge in [0.1, 0.15) is 5.75 Å². The highest BCUT2D eigenvalue weighted by atomic mass is 16.5. The molecule has 0 unspecified atom stereocenters. The van der Waals surface area contributed by atoms with Crippen molar-refractivity contribution in [3.63, 3.8) is 0 Å². The average molecular weight is 344 g/mol. The molecule has 0 aliphatic heterocycles. The van der Waals surface area contributed by atoms with Gasteiger partial charge in [-0.2, -0.15) is 0 Å². The number of phenols is 1. The molecule has 25 heavy (non-hydrogen) atoms. The fourth-order valence-corrected chi connectivity index (χ4v) is 2.08. The van der Waals surface area contributed by atoms with E-state index in [-0.39, 0.29) is 11.4 Å². The maximum Gasteiger partial charge on any atom is 0.314 e. The van der Waals surface area contributed by atoms with Gasteiger partial charge in [-0.3, -0.25) is 9.59 Å². The Balaban J connectivity index is 2.07. The van der Waals surface area contributed by atoms with Gasteiger partial charge in [0, 0.05) is 11.8 Å². The second-order valence-electron chi connectivity index (χ2n) is 4.95. The van der Waals surface area contributed by atoms with Gasteiger partial charge >= 0.3 is 11.8 Å². The predicted octanol–water partition coefficient (Wildman–Crippen LogP) is 2.77. The standard InChI is InChI=1S/C18H20N2O5/c1-3-24-15-10-9-12(11-16(15)25-4-2)19-17(22)18(23)20-13-7-5-6-8-14(13)21/h5-11,21H,3-4H2,1-2H3,(H,19,22)(H,20,23). The van der Waals surface area contributed by atoms with Gasteiger partial charge in [-0.15, -0.1) is 0 Å². The molecule has 0 aliphatic rings. The Morgan fingerprint density at radius 1 is 0.920 bits per heavy atom. The number of aromatic hydroxyl groups is 1. The van der Waals surface area contributed by atoms with E-state index in [9.17, 15) is 14.7 Å². The van der Waals surface area contributed by atoms with E-state index < -0.39 is 11.8 Å². The van der Waals surface area contributed by atoms with Gasteiger partial charge in [0.2, 0.25) is 0 Å². The van der Waals surface area contributed by atoms with Crippen LogP contribution >= 0.6 is 0 Å². The van der Waals surface area contributed by atoms with Gasteiger partial charge in [-0.05, 0) is 38.1 Å². The lowest BCUT2D eigenvalue weighted by atomic mass is 10.2. The maximum absolute atomic E-state index is 12.0. The first-order chi connectivity index (χ1) is 12.0. The van der Waals surface area contributed by atoms with E-state index in [0.717, 1.165) is 0 Å². The number of nitrogens with one attached hydrogen (secondary N) is 2. The van der Waals surface area contributed by atoms with Crippen molar-refractivity contribution in [2.24, 2.45) is 0 Å². The number of hydrogen-bond donors (Lipinski definition) is 3. The van der Waals surface area contributed by atoms with E-state index in [2.05, 4.69) is 10.6 Å². The Morgan fingerprint density at radius 2 is 1.56 bits per heavy atom. The van der Waals surface area contributed by atoms with Crippen molar-refractivity contribution in [1.29, 1.82) is 0 Å². The lowest BCUT2D eigenvalue weighted by Gasteiger charge is -2.13. The number of para-hydroxylation sites is 2. The van der Waals surface area contributed by atoms with Crippen LogP contribution in [0.3, 0.4) is 0 Å². The zero-order chi connectivity index (χ0) is 18.2. The lowest BCUT2D eigenvalue weighted by molar-refractivity contribution is -0.133. The molecule has 0 radical (unpaired) electrons. The maximum atomic E-state index is 12.0. The number of phenolic OH excluding ortho intramolecular Hbond substituents is 1. The number of carbonyl (C=O) groups excluding carboxylic acids is 2. The number of amides is 2. The summed E-state index contributed by atoms with van der Waals surface area (Å²) < 4.78 is 10.9. The molecule has 0 atom stereocenters. The second kappa shape index (κ2) is 8.58. The lowest BCUT2D eigenvalue weighted by Crippen LogP contribution is -2.29. The molecular weight excluding hydrogens is 324 g/mol. The van der Waals surface area contributed by atoms with Crippen LogP contribution in [0.2, 0.25) is 0 Å². The minimum atomic E-state index is -0.895. The number of carbonyl (C=O) groups is 2. The number of hydrogen-bond acceptors (Lipinski definition) is 5. The van der Waals surface area contributed by atoms with Crippen molar-refractivity contribution >= 4 is 23.2 Å². The Hall–Kier alpha value is -3.22. The smallest absolute Gasteiger partial charge is 0.314 e. The van der Waals surface area contributed by atoms with E-state index >= 15 is 0 Å². The molecule has 2 aromatic carbocycles. The third-order valence-corrected chi connectivity index (χ3v) is 3.16. The summed E-state index contributed by atoms with van der Waals surface area (Å²) in [5, 5.41) is 14.5. The molecule has 7 heteroatoms. The summed E-state index contributed by atoms with van der Waals surface area (Å²) in [7, 11) is 0. The highest BCUT2D eigenvalue weighted by molar-refractivity contribution is 6.43. The molecule has 7 nitrogen and oxygen atoms in total. The van der Waals surface area contributed by atoms with Crippen LogP contribution in [0.1, 0.15) is 13.8 Å². The molecule has 132 valence electrons. The minimum Gasteiger partial charge on any atom is -0.506 e. The summed E-state index contributed by atoms with van der Waals surface area (Å²) in [6.45, 7) is 4.61. The van der Waals surface area contributed by atoms with Crippen molar-refractivity contribution in [3.8, 4) is 17.2 Å². The quantitative estimate of drug-likeness (QED) is 0.553. The first-order valence-electron chi connectivity index (χ1n) is 7.85. The Bertz CT molecular complexity index is 761. The van der Waals surface area contributed by atoms with Gasteiger partial charge in [-0.1, -0.05) is 12.1 Å². The molecule has 2 aromatic rings. The fourth-order valence-electron chi connectivity index (χ4n) is 2.08. The molecule has 0 fully saturated rings. The molecule has 0 aliphatic carbocycles. The monoisotopic (exact) mass is 344 g/mol. The van der Waals surface area contributed by atoms with Crippen LogP contribution in [-0.4, -0.2) is 30.1 Å². The van der Waals surface area contributed by atoms with Crippen LogP contribution < -0.4 is 20.1 Å². The molecule has 0 heterocycles. The van der Waals surface area contributed by atoms with Crippen LogP contribution in [0.5, 0.6) is 17.2 Å². The topological polar surface area (TPSA) is 96.9 Å². The van der Waals surface area contributed by atoms with Crippen LogP contribution in [-0.2, 0) is 9.59 Å². The van der Waals surface area contributed by atoms with E-state index in [1.807, 2.05) is 13.8 Å². The summed E-state index contributed by atoms with van der Waals surface area (Å²) in [4.78, 5) is 24.0. The molecule has 3 N–H and O–H groups in total. The van der Waals surface area contributed by atoms with Crippen LogP contribution in [0, 0.1) is 0 Å². The number of rotatable bonds is 6. The summed E-state index contributed by atoms with van der Waals surface area (Å²) >= 11 is 0. The zero-order valence-electron chi connectivity index (χ0n) is 14.0. The normalized spacial score (nSPS) is 10.0. The Labute approximate surface area is 145 Å². The third-order valence-electron chi connectivity index (χ3n) is 3.16. The van der Waals surface area contributed by atoms with Crippen LogP contribution in [0.15, 0.2) is 42.5 Å². The second-order valence-corrected chi connectivity index (χ2v) is 4.95. The molecule has 2 amide bonds. The molecule has 0 spiro atoms. The summed E-state index contributed by atoms with van der Waals surface area (Å²) in [6, 6.07) is 11.0. The third kappa shape index (κ3) is 4.87. The van der Waals surface area contributed by atoms with Crippen molar-refractivity contribution in [2.75, 3.05) is 23.8 Å². The first-order valence-corrected chi connectivity index (χ1v) is 7.85. The molecule has 0 saturated heterocycles. The molecule has 2 rings (SSSR count). The zero-order valence-corrected chi connectivity index (χ0v) is 14.0. The summed E-state index contributed by atoms with van der Waals surface area (Å²) in [6.07, 6.45) is 0. The van der Waals surface area contributed by atoms with Gasteiger partial charge in [-0.25, -0.2) is 0 Å². The molecule has 0 saturated carbocycles. The van der Waals surface area contributed by atoms with E-state index in [0.29, 0.717) is 30.4 Å². The number of ether oxygens (including phenoxy) is 2. The molecule has 0 aromatic heterocycles.